The molecule has 1 amide bonds. The summed E-state index contributed by atoms with van der Waals surface area (Å²) in [6.07, 6.45) is -0.181. The fourth-order valence-corrected chi connectivity index (χ4v) is 4.30. The lowest BCUT2D eigenvalue weighted by Crippen LogP contribution is -2.49. The summed E-state index contributed by atoms with van der Waals surface area (Å²) in [5.74, 6) is 0.238. The molecule has 1 fully saturated rings. The van der Waals surface area contributed by atoms with Crippen LogP contribution in [0.5, 0.6) is 5.75 Å². The molecular weight excluding hydrogens is 455 g/mol. The number of amides is 1. The number of hydrogen-bond acceptors (Lipinski definition) is 4. The summed E-state index contributed by atoms with van der Waals surface area (Å²) in [6, 6.07) is 21.4. The van der Waals surface area contributed by atoms with Gasteiger partial charge in [0.2, 0.25) is 0 Å². The monoisotopic (exact) mass is 482 g/mol. The third-order valence-electron chi connectivity index (χ3n) is 5.96. The zero-order valence-corrected chi connectivity index (χ0v) is 19.9. The summed E-state index contributed by atoms with van der Waals surface area (Å²) in [6.45, 7) is 3.68. The first-order valence-electron chi connectivity index (χ1n) is 11.3. The number of hydrogen-bond donors (Lipinski definition) is 0. The van der Waals surface area contributed by atoms with Crippen LogP contribution >= 0.6 is 11.6 Å². The maximum absolute atomic E-state index is 13.5. The average Bonchev–Trinajstić information content (AvgIpc) is 2.86. The van der Waals surface area contributed by atoms with Gasteiger partial charge in [0, 0.05) is 43.3 Å². The van der Waals surface area contributed by atoms with Gasteiger partial charge in [0.25, 0.3) is 5.91 Å². The van der Waals surface area contributed by atoms with E-state index in [1.54, 1.807) is 24.1 Å². The molecule has 0 saturated carbocycles. The summed E-state index contributed by atoms with van der Waals surface area (Å²) in [5, 5.41) is 0.679. The molecule has 0 aliphatic carbocycles. The van der Waals surface area contributed by atoms with Gasteiger partial charge in [0.05, 0.1) is 19.8 Å². The normalized spacial score (nSPS) is 15.2. The summed E-state index contributed by atoms with van der Waals surface area (Å²) >= 11 is 6.13. The average molecular weight is 483 g/mol. The van der Waals surface area contributed by atoms with Crippen LogP contribution in [0.3, 0.4) is 0 Å². The molecule has 34 heavy (non-hydrogen) atoms. The molecule has 178 valence electrons. The first-order valence-corrected chi connectivity index (χ1v) is 11.7. The summed E-state index contributed by atoms with van der Waals surface area (Å²) in [4.78, 5) is 16.8. The Bertz CT molecular complexity index is 1120. The van der Waals surface area contributed by atoms with E-state index in [4.69, 9.17) is 21.1 Å². The molecule has 5 nitrogen and oxygen atoms in total. The van der Waals surface area contributed by atoms with Crippen molar-refractivity contribution in [3.63, 3.8) is 0 Å². The van der Waals surface area contributed by atoms with Crippen LogP contribution in [0, 0.1) is 5.82 Å². The van der Waals surface area contributed by atoms with Crippen molar-refractivity contribution in [1.29, 1.82) is 0 Å². The quantitative estimate of drug-likeness (QED) is 0.442. The van der Waals surface area contributed by atoms with E-state index in [0.29, 0.717) is 49.9 Å². The number of carbonyl (C=O) groups excluding carboxylic acids is 1. The van der Waals surface area contributed by atoms with Crippen LogP contribution in [0.1, 0.15) is 27.6 Å². The highest BCUT2D eigenvalue weighted by atomic mass is 35.5. The highest BCUT2D eigenvalue weighted by Crippen LogP contribution is 2.25. The van der Waals surface area contributed by atoms with E-state index in [2.05, 4.69) is 4.90 Å². The molecule has 0 radical (unpaired) electrons. The number of carbonyl (C=O) groups is 1. The Hall–Kier alpha value is -2.93. The highest BCUT2D eigenvalue weighted by Gasteiger charge is 2.25. The minimum Gasteiger partial charge on any atom is -0.497 e. The molecule has 0 unspecified atom stereocenters. The number of nitrogens with zero attached hydrogens (tertiary/aromatic N) is 2. The van der Waals surface area contributed by atoms with Crippen molar-refractivity contribution in [2.45, 2.75) is 12.7 Å². The second-order valence-electron chi connectivity index (χ2n) is 8.31. The van der Waals surface area contributed by atoms with Gasteiger partial charge in [-0.1, -0.05) is 41.9 Å². The van der Waals surface area contributed by atoms with Crippen molar-refractivity contribution in [2.75, 3.05) is 39.8 Å². The highest BCUT2D eigenvalue weighted by molar-refractivity contribution is 6.30. The van der Waals surface area contributed by atoms with Gasteiger partial charge in [-0.25, -0.2) is 4.39 Å². The Labute approximate surface area is 204 Å². The Morgan fingerprint density at radius 1 is 1.00 bits per heavy atom. The molecule has 3 aromatic carbocycles. The van der Waals surface area contributed by atoms with E-state index in [0.717, 1.165) is 16.9 Å². The standard InChI is InChI=1S/C27H28ClFN2O3/c1-33-25-10-4-6-21(17-25)26(34-19-20-5-2-8-23(28)15-20)18-30-11-13-31(14-12-30)27(32)22-7-3-9-24(29)16-22/h2-10,15-17,26H,11-14,18-19H2,1H3/t26-/m1/s1. The van der Waals surface area contributed by atoms with Crippen LogP contribution in [-0.4, -0.2) is 55.5 Å². The van der Waals surface area contributed by atoms with Gasteiger partial charge in [-0.05, 0) is 53.6 Å². The third kappa shape index (κ3) is 6.35. The second kappa shape index (κ2) is 11.5. The van der Waals surface area contributed by atoms with E-state index in [1.807, 2.05) is 48.5 Å². The minimum atomic E-state index is -0.400. The molecule has 0 aromatic heterocycles. The fraction of sp³-hybridized carbons (Fsp3) is 0.296. The van der Waals surface area contributed by atoms with Gasteiger partial charge in [0.1, 0.15) is 11.6 Å². The van der Waals surface area contributed by atoms with Crippen molar-refractivity contribution < 1.29 is 18.7 Å². The SMILES string of the molecule is COc1cccc([C@@H](CN2CCN(C(=O)c3cccc(F)c3)CC2)OCc2cccc(Cl)c2)c1. The zero-order valence-electron chi connectivity index (χ0n) is 19.1. The lowest BCUT2D eigenvalue weighted by atomic mass is 10.1. The smallest absolute Gasteiger partial charge is 0.254 e. The van der Waals surface area contributed by atoms with Crippen LogP contribution in [0.25, 0.3) is 0 Å². The summed E-state index contributed by atoms with van der Waals surface area (Å²) < 4.78 is 25.3. The molecule has 1 heterocycles. The molecule has 4 rings (SSSR count). The first kappa shape index (κ1) is 24.2. The minimum absolute atomic E-state index is 0.138. The van der Waals surface area contributed by atoms with Gasteiger partial charge in [0.15, 0.2) is 0 Å². The van der Waals surface area contributed by atoms with Crippen LogP contribution in [-0.2, 0) is 11.3 Å². The van der Waals surface area contributed by atoms with Gasteiger partial charge in [-0.3, -0.25) is 9.69 Å². The number of methoxy groups -OCH3 is 1. The Balaban J connectivity index is 1.41. The molecule has 1 saturated heterocycles. The van der Waals surface area contributed by atoms with E-state index in [1.165, 1.54) is 12.1 Å². The maximum atomic E-state index is 13.5. The number of benzene rings is 3. The van der Waals surface area contributed by atoms with Crippen molar-refractivity contribution >= 4 is 17.5 Å². The van der Waals surface area contributed by atoms with Gasteiger partial charge >= 0.3 is 0 Å². The van der Waals surface area contributed by atoms with Gasteiger partial charge < -0.3 is 14.4 Å². The molecule has 1 atom stereocenters. The number of ether oxygens (including phenoxy) is 2. The fourth-order valence-electron chi connectivity index (χ4n) is 4.09. The lowest BCUT2D eigenvalue weighted by molar-refractivity contribution is 0.00333. The Kier molecular flexibility index (Phi) is 8.16. The van der Waals surface area contributed by atoms with E-state index >= 15 is 0 Å². The number of halogens is 2. The molecule has 7 heteroatoms. The topological polar surface area (TPSA) is 42.0 Å². The predicted octanol–water partition coefficient (Wildman–Crippen LogP) is 5.20. The van der Waals surface area contributed by atoms with Crippen molar-refractivity contribution in [3.8, 4) is 5.75 Å². The van der Waals surface area contributed by atoms with E-state index in [9.17, 15) is 9.18 Å². The largest absolute Gasteiger partial charge is 0.497 e. The maximum Gasteiger partial charge on any atom is 0.254 e. The van der Waals surface area contributed by atoms with E-state index < -0.39 is 5.82 Å². The van der Waals surface area contributed by atoms with Crippen LogP contribution in [0.4, 0.5) is 4.39 Å². The molecule has 0 spiro atoms. The predicted molar refractivity (Wildman–Crippen MR) is 131 cm³/mol. The summed E-state index contributed by atoms with van der Waals surface area (Å²) in [5.41, 5.74) is 2.41. The van der Waals surface area contributed by atoms with E-state index in [-0.39, 0.29) is 12.0 Å². The Morgan fingerprint density at radius 2 is 1.76 bits per heavy atom. The molecule has 1 aliphatic heterocycles. The molecule has 1 aliphatic rings. The Morgan fingerprint density at radius 3 is 2.50 bits per heavy atom. The molecular formula is C27H28ClFN2O3. The molecule has 3 aromatic rings. The van der Waals surface area contributed by atoms with Crippen molar-refractivity contribution in [3.05, 3.63) is 100 Å². The van der Waals surface area contributed by atoms with Gasteiger partial charge in [-0.15, -0.1) is 0 Å². The van der Waals surface area contributed by atoms with Crippen molar-refractivity contribution in [2.24, 2.45) is 0 Å². The van der Waals surface area contributed by atoms with Crippen molar-refractivity contribution in [1.82, 2.24) is 9.80 Å². The third-order valence-corrected chi connectivity index (χ3v) is 6.20. The lowest BCUT2D eigenvalue weighted by Gasteiger charge is -2.36. The second-order valence-corrected chi connectivity index (χ2v) is 8.75. The number of rotatable bonds is 8. The zero-order chi connectivity index (χ0) is 23.9. The summed E-state index contributed by atoms with van der Waals surface area (Å²) in [7, 11) is 1.65. The van der Waals surface area contributed by atoms with Gasteiger partial charge in [-0.2, -0.15) is 0 Å². The van der Waals surface area contributed by atoms with Crippen LogP contribution in [0.15, 0.2) is 72.8 Å². The first-order chi connectivity index (χ1) is 16.5. The molecule has 0 bridgehead atoms. The number of piperazine rings is 1. The molecule has 0 N–H and O–H groups in total. The van der Waals surface area contributed by atoms with Crippen LogP contribution in [0.2, 0.25) is 5.02 Å². The van der Waals surface area contributed by atoms with Crippen LogP contribution < -0.4 is 4.74 Å².